The van der Waals surface area contributed by atoms with Crippen molar-refractivity contribution in [2.45, 2.75) is 6.54 Å². The SMILES string of the molecule is COc1ccc(C=C2SC(=Nc3ccccc3)N(Cc3ccc(C(=O)O)cc3)C2=O)c(OC)c1OC. The molecular formula is C27H24N2O6S. The van der Waals surface area contributed by atoms with Gasteiger partial charge in [0.25, 0.3) is 5.91 Å². The Morgan fingerprint density at radius 1 is 0.944 bits per heavy atom. The number of carboxylic acids is 1. The number of methoxy groups -OCH3 is 3. The third-order valence-electron chi connectivity index (χ3n) is 5.43. The molecule has 1 N–H and O–H groups in total. The second-order valence-electron chi connectivity index (χ2n) is 7.66. The normalized spacial score (nSPS) is 15.4. The third kappa shape index (κ3) is 5.21. The van der Waals surface area contributed by atoms with Crippen LogP contribution in [0.15, 0.2) is 76.6 Å². The van der Waals surface area contributed by atoms with Gasteiger partial charge in [0.1, 0.15) is 0 Å². The molecule has 1 fully saturated rings. The molecule has 0 aromatic heterocycles. The summed E-state index contributed by atoms with van der Waals surface area (Å²) < 4.78 is 16.4. The molecule has 0 atom stereocenters. The quantitative estimate of drug-likeness (QED) is 0.420. The van der Waals surface area contributed by atoms with Crippen molar-refractivity contribution in [1.29, 1.82) is 0 Å². The zero-order valence-electron chi connectivity index (χ0n) is 19.9. The number of para-hydroxylation sites is 1. The van der Waals surface area contributed by atoms with E-state index < -0.39 is 5.97 Å². The molecule has 3 aromatic carbocycles. The molecule has 0 aliphatic carbocycles. The summed E-state index contributed by atoms with van der Waals surface area (Å²) in [4.78, 5) is 31.5. The lowest BCUT2D eigenvalue weighted by molar-refractivity contribution is -0.122. The number of ether oxygens (including phenoxy) is 3. The fraction of sp³-hybridized carbons (Fsp3) is 0.148. The van der Waals surface area contributed by atoms with Crippen LogP contribution in [0.1, 0.15) is 21.5 Å². The molecule has 1 amide bonds. The minimum atomic E-state index is -1.00. The highest BCUT2D eigenvalue weighted by atomic mass is 32.2. The topological polar surface area (TPSA) is 97.7 Å². The van der Waals surface area contributed by atoms with E-state index in [0.29, 0.717) is 38.6 Å². The van der Waals surface area contributed by atoms with Crippen molar-refractivity contribution in [1.82, 2.24) is 4.90 Å². The number of aromatic carboxylic acids is 1. The smallest absolute Gasteiger partial charge is 0.335 e. The van der Waals surface area contributed by atoms with Gasteiger partial charge < -0.3 is 19.3 Å². The predicted octanol–water partition coefficient (Wildman–Crippen LogP) is 5.21. The molecule has 0 saturated carbocycles. The van der Waals surface area contributed by atoms with Gasteiger partial charge in [0, 0.05) is 5.56 Å². The number of amidine groups is 1. The molecule has 1 heterocycles. The number of aliphatic imine (C=N–C) groups is 1. The van der Waals surface area contributed by atoms with Gasteiger partial charge in [-0.1, -0.05) is 30.3 Å². The molecule has 8 nitrogen and oxygen atoms in total. The zero-order valence-corrected chi connectivity index (χ0v) is 20.7. The summed E-state index contributed by atoms with van der Waals surface area (Å²) in [7, 11) is 4.59. The summed E-state index contributed by atoms with van der Waals surface area (Å²) in [5.74, 6) is 0.156. The second-order valence-corrected chi connectivity index (χ2v) is 8.67. The van der Waals surface area contributed by atoms with E-state index in [-0.39, 0.29) is 18.0 Å². The molecule has 4 rings (SSSR count). The van der Waals surface area contributed by atoms with Gasteiger partial charge in [-0.25, -0.2) is 9.79 Å². The maximum absolute atomic E-state index is 13.5. The van der Waals surface area contributed by atoms with Crippen molar-refractivity contribution in [2.75, 3.05) is 21.3 Å². The van der Waals surface area contributed by atoms with Crippen molar-refractivity contribution >= 4 is 40.6 Å². The first-order valence-corrected chi connectivity index (χ1v) is 11.7. The van der Waals surface area contributed by atoms with Gasteiger partial charge in [-0.15, -0.1) is 0 Å². The Bertz CT molecular complexity index is 1340. The van der Waals surface area contributed by atoms with Gasteiger partial charge in [0.2, 0.25) is 5.75 Å². The number of carboxylic acid groups (broad SMARTS) is 1. The van der Waals surface area contributed by atoms with Crippen LogP contribution in [0.25, 0.3) is 6.08 Å². The van der Waals surface area contributed by atoms with Crippen LogP contribution in [0.4, 0.5) is 5.69 Å². The molecular weight excluding hydrogens is 480 g/mol. The van der Waals surface area contributed by atoms with Crippen molar-refractivity contribution in [2.24, 2.45) is 4.99 Å². The van der Waals surface area contributed by atoms with E-state index in [0.717, 1.165) is 5.56 Å². The Hall–Kier alpha value is -4.24. The first-order valence-electron chi connectivity index (χ1n) is 10.9. The molecule has 0 radical (unpaired) electrons. The molecule has 0 unspecified atom stereocenters. The lowest BCUT2D eigenvalue weighted by Crippen LogP contribution is -2.28. The number of hydrogen-bond donors (Lipinski definition) is 1. The van der Waals surface area contributed by atoms with Gasteiger partial charge in [0.15, 0.2) is 16.7 Å². The monoisotopic (exact) mass is 504 g/mol. The average Bonchev–Trinajstić information content (AvgIpc) is 3.17. The van der Waals surface area contributed by atoms with E-state index in [1.165, 1.54) is 38.1 Å². The van der Waals surface area contributed by atoms with Gasteiger partial charge in [-0.05, 0) is 59.8 Å². The van der Waals surface area contributed by atoms with E-state index in [9.17, 15) is 14.7 Å². The van der Waals surface area contributed by atoms with E-state index >= 15 is 0 Å². The van der Waals surface area contributed by atoms with Gasteiger partial charge >= 0.3 is 5.97 Å². The lowest BCUT2D eigenvalue weighted by Gasteiger charge is -2.16. The molecule has 1 saturated heterocycles. The highest BCUT2D eigenvalue weighted by Crippen LogP contribution is 2.42. The Labute approximate surface area is 212 Å². The van der Waals surface area contributed by atoms with Crippen LogP contribution in [-0.4, -0.2) is 48.4 Å². The number of rotatable bonds is 8. The first-order chi connectivity index (χ1) is 17.4. The maximum atomic E-state index is 13.5. The van der Waals surface area contributed by atoms with E-state index in [2.05, 4.69) is 0 Å². The number of thioether (sulfide) groups is 1. The molecule has 36 heavy (non-hydrogen) atoms. The third-order valence-corrected chi connectivity index (χ3v) is 6.44. The Morgan fingerprint density at radius 3 is 2.25 bits per heavy atom. The molecule has 1 aliphatic heterocycles. The number of amides is 1. The molecule has 0 bridgehead atoms. The Balaban J connectivity index is 1.73. The summed E-state index contributed by atoms with van der Waals surface area (Å²) in [5, 5.41) is 9.69. The van der Waals surface area contributed by atoms with Crippen LogP contribution in [0, 0.1) is 0 Å². The summed E-state index contributed by atoms with van der Waals surface area (Å²) in [6, 6.07) is 19.3. The first kappa shape index (κ1) is 24.9. The van der Waals surface area contributed by atoms with Crippen molar-refractivity contribution in [3.63, 3.8) is 0 Å². The van der Waals surface area contributed by atoms with E-state index in [4.69, 9.17) is 19.2 Å². The largest absolute Gasteiger partial charge is 0.493 e. The number of carbonyl (C=O) groups is 2. The van der Waals surface area contributed by atoms with Crippen LogP contribution in [0.3, 0.4) is 0 Å². The van der Waals surface area contributed by atoms with Gasteiger partial charge in [-0.3, -0.25) is 9.69 Å². The minimum Gasteiger partial charge on any atom is -0.493 e. The van der Waals surface area contributed by atoms with Crippen molar-refractivity contribution < 1.29 is 28.9 Å². The summed E-state index contributed by atoms with van der Waals surface area (Å²) in [5.41, 5.74) is 2.32. The summed E-state index contributed by atoms with van der Waals surface area (Å²) in [6.07, 6.45) is 1.74. The molecule has 3 aromatic rings. The van der Waals surface area contributed by atoms with Crippen LogP contribution in [0.2, 0.25) is 0 Å². The molecule has 1 aliphatic rings. The van der Waals surface area contributed by atoms with Gasteiger partial charge in [0.05, 0.1) is 44.0 Å². The van der Waals surface area contributed by atoms with E-state index in [1.54, 1.807) is 42.4 Å². The number of hydrogen-bond acceptors (Lipinski definition) is 7. The lowest BCUT2D eigenvalue weighted by atomic mass is 10.1. The van der Waals surface area contributed by atoms with Crippen LogP contribution < -0.4 is 14.2 Å². The fourth-order valence-electron chi connectivity index (χ4n) is 3.66. The highest BCUT2D eigenvalue weighted by molar-refractivity contribution is 8.18. The number of benzene rings is 3. The number of nitrogens with zero attached hydrogens (tertiary/aromatic N) is 2. The van der Waals surface area contributed by atoms with E-state index in [1.807, 2.05) is 30.3 Å². The minimum absolute atomic E-state index is 0.181. The Kier molecular flexibility index (Phi) is 7.60. The second kappa shape index (κ2) is 11.0. The van der Waals surface area contributed by atoms with Crippen LogP contribution in [-0.2, 0) is 11.3 Å². The standard InChI is InChI=1S/C27H24N2O6S/c1-33-21-14-13-19(23(34-2)24(21)35-3)15-22-25(30)29(16-17-9-11-18(12-10-17)26(31)32)27(36-22)28-20-7-5-4-6-8-20/h4-15H,16H2,1-3H3,(H,31,32). The number of carbonyl (C=O) groups excluding carboxylic acids is 1. The maximum Gasteiger partial charge on any atom is 0.335 e. The summed E-state index contributed by atoms with van der Waals surface area (Å²) >= 11 is 1.25. The predicted molar refractivity (Wildman–Crippen MR) is 139 cm³/mol. The zero-order chi connectivity index (χ0) is 25.7. The van der Waals surface area contributed by atoms with Gasteiger partial charge in [-0.2, -0.15) is 0 Å². The molecule has 0 spiro atoms. The summed E-state index contributed by atoms with van der Waals surface area (Å²) in [6.45, 7) is 0.234. The van der Waals surface area contributed by atoms with Crippen molar-refractivity contribution in [3.8, 4) is 17.2 Å². The molecule has 184 valence electrons. The van der Waals surface area contributed by atoms with Crippen molar-refractivity contribution in [3.05, 3.63) is 88.3 Å². The Morgan fingerprint density at radius 2 is 1.64 bits per heavy atom. The fourth-order valence-corrected chi connectivity index (χ4v) is 4.65. The van der Waals surface area contributed by atoms with Crippen LogP contribution in [0.5, 0.6) is 17.2 Å². The average molecular weight is 505 g/mol. The van der Waals surface area contributed by atoms with Crippen LogP contribution >= 0.6 is 11.8 Å². The molecule has 9 heteroatoms. The highest BCUT2D eigenvalue weighted by Gasteiger charge is 2.34.